The van der Waals surface area contributed by atoms with E-state index in [0.717, 1.165) is 40.2 Å². The number of ether oxygens (including phenoxy) is 4. The van der Waals surface area contributed by atoms with Crippen molar-refractivity contribution in [3.05, 3.63) is 64.7 Å². The molecule has 2 aromatic rings. The highest BCUT2D eigenvalue weighted by atomic mass is 16.7. The Kier molecular flexibility index (Phi) is 7.49. The van der Waals surface area contributed by atoms with Gasteiger partial charge in [0.2, 0.25) is 0 Å². The average molecular weight is 491 g/mol. The fourth-order valence-electron chi connectivity index (χ4n) is 7.24. The molecule has 4 aliphatic rings. The van der Waals surface area contributed by atoms with Gasteiger partial charge in [0.05, 0.1) is 25.9 Å². The van der Waals surface area contributed by atoms with Crippen LogP contribution in [0.25, 0.3) is 11.6 Å². The van der Waals surface area contributed by atoms with Crippen molar-refractivity contribution in [1.29, 1.82) is 0 Å². The SMILES string of the molecule is COCCOCOc1cc(/C(C)=C\c2ccc(C(=O)OC)cc2)ccc1C12CC3CC(CC(C3)C1)C2. The van der Waals surface area contributed by atoms with Gasteiger partial charge >= 0.3 is 5.97 Å². The molecular weight excluding hydrogens is 452 g/mol. The zero-order valence-electron chi connectivity index (χ0n) is 21.8. The predicted octanol–water partition coefficient (Wildman–Crippen LogP) is 6.50. The summed E-state index contributed by atoms with van der Waals surface area (Å²) >= 11 is 0. The van der Waals surface area contributed by atoms with E-state index < -0.39 is 0 Å². The van der Waals surface area contributed by atoms with Gasteiger partial charge in [0, 0.05) is 12.7 Å². The highest BCUT2D eigenvalue weighted by Crippen LogP contribution is 2.62. The third-order valence-corrected chi connectivity index (χ3v) is 8.49. The van der Waals surface area contributed by atoms with Crippen molar-refractivity contribution >= 4 is 17.6 Å². The van der Waals surface area contributed by atoms with Crippen LogP contribution in [-0.4, -0.2) is 40.2 Å². The fraction of sp³-hybridized carbons (Fsp3) is 0.516. The van der Waals surface area contributed by atoms with Gasteiger partial charge in [-0.15, -0.1) is 0 Å². The van der Waals surface area contributed by atoms with Crippen LogP contribution < -0.4 is 4.74 Å². The number of hydrogen-bond donors (Lipinski definition) is 0. The van der Waals surface area contributed by atoms with E-state index in [1.165, 1.54) is 51.2 Å². The Morgan fingerprint density at radius 1 is 0.917 bits per heavy atom. The molecule has 5 heteroatoms. The van der Waals surface area contributed by atoms with Crippen LogP contribution in [0.1, 0.15) is 72.5 Å². The summed E-state index contributed by atoms with van der Waals surface area (Å²) < 4.78 is 21.9. The van der Waals surface area contributed by atoms with Crippen LogP contribution >= 0.6 is 0 Å². The van der Waals surface area contributed by atoms with Crippen molar-refractivity contribution in [2.45, 2.75) is 50.9 Å². The lowest BCUT2D eigenvalue weighted by molar-refractivity contribution is -0.0189. The molecule has 0 aliphatic heterocycles. The zero-order valence-corrected chi connectivity index (χ0v) is 21.8. The van der Waals surface area contributed by atoms with Gasteiger partial charge in [-0.2, -0.15) is 0 Å². The minimum absolute atomic E-state index is 0.226. The monoisotopic (exact) mass is 490 g/mol. The lowest BCUT2D eigenvalue weighted by Crippen LogP contribution is -2.48. The molecule has 4 aliphatic carbocycles. The molecule has 0 N–H and O–H groups in total. The molecule has 4 fully saturated rings. The molecule has 0 amide bonds. The third-order valence-electron chi connectivity index (χ3n) is 8.49. The Labute approximate surface area is 214 Å². The van der Waals surface area contributed by atoms with Gasteiger partial charge in [-0.05, 0) is 104 Å². The molecule has 4 bridgehead atoms. The minimum atomic E-state index is -0.322. The zero-order chi connectivity index (χ0) is 25.1. The summed E-state index contributed by atoms with van der Waals surface area (Å²) in [7, 11) is 3.08. The first-order valence-electron chi connectivity index (χ1n) is 13.2. The molecule has 0 saturated heterocycles. The van der Waals surface area contributed by atoms with E-state index in [2.05, 4.69) is 31.2 Å². The Morgan fingerprint density at radius 2 is 1.56 bits per heavy atom. The van der Waals surface area contributed by atoms with Crippen molar-refractivity contribution in [2.24, 2.45) is 17.8 Å². The van der Waals surface area contributed by atoms with Gasteiger partial charge in [0.25, 0.3) is 0 Å². The van der Waals surface area contributed by atoms with Crippen LogP contribution in [0.4, 0.5) is 0 Å². The minimum Gasteiger partial charge on any atom is -0.467 e. The summed E-state index contributed by atoms with van der Waals surface area (Å²) in [5, 5.41) is 0. The van der Waals surface area contributed by atoms with Crippen LogP contribution in [0.15, 0.2) is 42.5 Å². The predicted molar refractivity (Wildman–Crippen MR) is 141 cm³/mol. The summed E-state index contributed by atoms with van der Waals surface area (Å²) in [5.41, 5.74) is 5.48. The second kappa shape index (κ2) is 10.8. The second-order valence-corrected chi connectivity index (χ2v) is 11.0. The van der Waals surface area contributed by atoms with E-state index in [9.17, 15) is 4.79 Å². The van der Waals surface area contributed by atoms with E-state index in [-0.39, 0.29) is 18.2 Å². The Bertz CT molecular complexity index is 1070. The molecular formula is C31H38O5. The molecule has 0 heterocycles. The maximum Gasteiger partial charge on any atom is 0.337 e. The standard InChI is InChI=1S/C31H38O5/c1-21(12-22-4-6-26(7-5-22)30(32)34-3)27-8-9-28(29(16-27)36-20-35-11-10-33-2)31-17-23-13-24(18-31)15-25(14-23)19-31/h4-9,12,16,23-25H,10-11,13-15,17-20H2,1-3H3/b21-12-. The van der Waals surface area contributed by atoms with Crippen LogP contribution in [0, 0.1) is 17.8 Å². The molecule has 0 unspecified atom stereocenters. The third kappa shape index (κ3) is 5.23. The second-order valence-electron chi connectivity index (χ2n) is 11.0. The first-order chi connectivity index (χ1) is 17.5. The quantitative estimate of drug-likeness (QED) is 0.165. The van der Waals surface area contributed by atoms with Gasteiger partial charge in [-0.25, -0.2) is 4.79 Å². The summed E-state index contributed by atoms with van der Waals surface area (Å²) in [6.45, 7) is 3.42. The van der Waals surface area contributed by atoms with E-state index in [1.807, 2.05) is 12.1 Å². The summed E-state index contributed by atoms with van der Waals surface area (Å²) in [6.07, 6.45) is 10.3. The fourth-order valence-corrected chi connectivity index (χ4v) is 7.24. The highest BCUT2D eigenvalue weighted by Gasteiger charge is 2.52. The number of methoxy groups -OCH3 is 2. The maximum atomic E-state index is 11.7. The van der Waals surface area contributed by atoms with Gasteiger partial charge in [0.1, 0.15) is 5.75 Å². The van der Waals surface area contributed by atoms with E-state index >= 15 is 0 Å². The molecule has 4 saturated carbocycles. The van der Waals surface area contributed by atoms with Crippen molar-refractivity contribution < 1.29 is 23.7 Å². The first kappa shape index (κ1) is 25.0. The van der Waals surface area contributed by atoms with Crippen molar-refractivity contribution in [1.82, 2.24) is 0 Å². The summed E-state index contributed by atoms with van der Waals surface area (Å²) in [6, 6.07) is 14.3. The molecule has 5 nitrogen and oxygen atoms in total. The van der Waals surface area contributed by atoms with Crippen molar-refractivity contribution in [3.63, 3.8) is 0 Å². The van der Waals surface area contributed by atoms with Crippen molar-refractivity contribution in [2.75, 3.05) is 34.2 Å². The van der Waals surface area contributed by atoms with E-state index in [0.29, 0.717) is 18.8 Å². The molecule has 0 aromatic heterocycles. The van der Waals surface area contributed by atoms with E-state index in [4.69, 9.17) is 18.9 Å². The lowest BCUT2D eigenvalue weighted by atomic mass is 9.48. The van der Waals surface area contributed by atoms with Gasteiger partial charge in [-0.3, -0.25) is 0 Å². The lowest BCUT2D eigenvalue weighted by Gasteiger charge is -2.57. The molecule has 2 aromatic carbocycles. The average Bonchev–Trinajstić information content (AvgIpc) is 2.87. The normalized spacial score (nSPS) is 26.8. The number of benzene rings is 2. The largest absolute Gasteiger partial charge is 0.467 e. The number of esters is 1. The Morgan fingerprint density at radius 3 is 2.17 bits per heavy atom. The van der Waals surface area contributed by atoms with Gasteiger partial charge in [-0.1, -0.05) is 30.3 Å². The molecule has 0 atom stereocenters. The van der Waals surface area contributed by atoms with Gasteiger partial charge < -0.3 is 18.9 Å². The molecule has 0 radical (unpaired) electrons. The number of carbonyl (C=O) groups is 1. The molecule has 36 heavy (non-hydrogen) atoms. The van der Waals surface area contributed by atoms with Gasteiger partial charge in [0.15, 0.2) is 6.79 Å². The molecule has 6 rings (SSSR count). The maximum absolute atomic E-state index is 11.7. The number of carbonyl (C=O) groups excluding carboxylic acids is 1. The first-order valence-corrected chi connectivity index (χ1v) is 13.2. The van der Waals surface area contributed by atoms with Crippen LogP contribution in [0.2, 0.25) is 0 Å². The number of hydrogen-bond acceptors (Lipinski definition) is 5. The number of rotatable bonds is 10. The van der Waals surface area contributed by atoms with Crippen LogP contribution in [0.3, 0.4) is 0 Å². The molecule has 192 valence electrons. The van der Waals surface area contributed by atoms with Crippen molar-refractivity contribution in [3.8, 4) is 5.75 Å². The summed E-state index contributed by atoms with van der Waals surface area (Å²) in [4.78, 5) is 11.7. The summed E-state index contributed by atoms with van der Waals surface area (Å²) in [5.74, 6) is 3.25. The Hall–Kier alpha value is -2.63. The smallest absolute Gasteiger partial charge is 0.337 e. The van der Waals surface area contributed by atoms with E-state index in [1.54, 1.807) is 19.2 Å². The molecule has 0 spiro atoms. The highest BCUT2D eigenvalue weighted by molar-refractivity contribution is 5.90. The Balaban J connectivity index is 1.41. The van der Waals surface area contributed by atoms with Crippen LogP contribution in [0.5, 0.6) is 5.75 Å². The number of allylic oxidation sites excluding steroid dienone is 1. The van der Waals surface area contributed by atoms with Crippen LogP contribution in [-0.2, 0) is 19.6 Å². The topological polar surface area (TPSA) is 54.0 Å².